The number of aryl methyl sites for hydroxylation is 1. The van der Waals surface area contributed by atoms with Gasteiger partial charge in [0, 0.05) is 15.5 Å². The quantitative estimate of drug-likeness (QED) is 0.525. The molecule has 0 bridgehead atoms. The van der Waals surface area contributed by atoms with E-state index in [1.54, 1.807) is 7.11 Å². The molecule has 4 nitrogen and oxygen atoms in total. The highest BCUT2D eigenvalue weighted by molar-refractivity contribution is 7.16. The van der Waals surface area contributed by atoms with E-state index in [4.69, 9.17) is 16.3 Å². The summed E-state index contributed by atoms with van der Waals surface area (Å²) in [6.07, 6.45) is 0. The molecular formula is C22H23ClN2O2S. The Balaban J connectivity index is 1.82. The van der Waals surface area contributed by atoms with Crippen molar-refractivity contribution in [1.29, 1.82) is 0 Å². The molecule has 0 aliphatic heterocycles. The highest BCUT2D eigenvalue weighted by atomic mass is 35.5. The minimum absolute atomic E-state index is 0.0626. The fourth-order valence-corrected chi connectivity index (χ4v) is 4.12. The first-order valence-corrected chi connectivity index (χ1v) is 10.3. The molecule has 0 aliphatic carbocycles. The number of nitrogens with zero attached hydrogens (tertiary/aromatic N) is 1. The van der Waals surface area contributed by atoms with E-state index in [-0.39, 0.29) is 17.7 Å². The maximum absolute atomic E-state index is 13.0. The van der Waals surface area contributed by atoms with E-state index in [2.05, 4.69) is 10.3 Å². The van der Waals surface area contributed by atoms with Gasteiger partial charge in [0.15, 0.2) is 5.13 Å². The lowest BCUT2D eigenvalue weighted by Gasteiger charge is -2.20. The molecule has 3 aromatic rings. The standard InChI is InChI=1S/C22H23ClN2O2S/c1-13(2)19(15-5-9-17(23)10-6-15)21(26)25-22-24-20(14(3)28-22)16-7-11-18(27-4)12-8-16/h5-13,19H,1-4H3,(H,24,25,26)/t19-/m0/s1. The molecule has 1 amide bonds. The highest BCUT2D eigenvalue weighted by Crippen LogP contribution is 2.33. The van der Waals surface area contributed by atoms with E-state index < -0.39 is 0 Å². The minimum atomic E-state index is -0.272. The average molecular weight is 415 g/mol. The van der Waals surface area contributed by atoms with Crippen LogP contribution in [0.2, 0.25) is 5.02 Å². The Morgan fingerprint density at radius 1 is 1.11 bits per heavy atom. The summed E-state index contributed by atoms with van der Waals surface area (Å²) >= 11 is 7.46. The number of amides is 1. The molecule has 6 heteroatoms. The summed E-state index contributed by atoms with van der Waals surface area (Å²) in [5.74, 6) is 0.606. The second-order valence-corrected chi connectivity index (χ2v) is 8.55. The average Bonchev–Trinajstić information content (AvgIpc) is 3.03. The zero-order chi connectivity index (χ0) is 20.3. The van der Waals surface area contributed by atoms with Gasteiger partial charge < -0.3 is 10.1 Å². The van der Waals surface area contributed by atoms with Gasteiger partial charge in [-0.2, -0.15) is 0 Å². The van der Waals surface area contributed by atoms with Gasteiger partial charge in [0.1, 0.15) is 5.75 Å². The van der Waals surface area contributed by atoms with Crippen LogP contribution < -0.4 is 10.1 Å². The van der Waals surface area contributed by atoms with Gasteiger partial charge in [-0.15, -0.1) is 11.3 Å². The van der Waals surface area contributed by atoms with Crippen LogP contribution in [-0.4, -0.2) is 18.0 Å². The number of carbonyl (C=O) groups is 1. The molecule has 1 N–H and O–H groups in total. The largest absolute Gasteiger partial charge is 0.497 e. The number of anilines is 1. The molecule has 28 heavy (non-hydrogen) atoms. The van der Waals surface area contributed by atoms with Gasteiger partial charge in [-0.05, 0) is 54.8 Å². The molecule has 2 aromatic carbocycles. The Bertz CT molecular complexity index is 950. The zero-order valence-electron chi connectivity index (χ0n) is 16.3. The third kappa shape index (κ3) is 4.54. The molecule has 0 saturated heterocycles. The first kappa shape index (κ1) is 20.4. The molecule has 1 atom stereocenters. The van der Waals surface area contributed by atoms with Crippen molar-refractivity contribution in [3.8, 4) is 17.0 Å². The van der Waals surface area contributed by atoms with Crippen molar-refractivity contribution in [2.75, 3.05) is 12.4 Å². The van der Waals surface area contributed by atoms with E-state index in [9.17, 15) is 4.79 Å². The number of hydrogen-bond acceptors (Lipinski definition) is 4. The second kappa shape index (κ2) is 8.76. The molecule has 0 spiro atoms. The molecule has 0 radical (unpaired) electrons. The van der Waals surface area contributed by atoms with E-state index in [0.29, 0.717) is 10.2 Å². The van der Waals surface area contributed by atoms with Crippen LogP contribution in [-0.2, 0) is 4.79 Å². The normalized spacial score (nSPS) is 12.1. The Hall–Kier alpha value is -2.37. The number of carbonyl (C=O) groups excluding carboxylic acids is 1. The van der Waals surface area contributed by atoms with Crippen molar-refractivity contribution < 1.29 is 9.53 Å². The van der Waals surface area contributed by atoms with E-state index >= 15 is 0 Å². The van der Waals surface area contributed by atoms with Crippen molar-refractivity contribution in [3.05, 3.63) is 64.0 Å². The van der Waals surface area contributed by atoms with Crippen LogP contribution in [0.4, 0.5) is 5.13 Å². The number of halogens is 1. The van der Waals surface area contributed by atoms with Crippen LogP contribution in [0.15, 0.2) is 48.5 Å². The van der Waals surface area contributed by atoms with Gasteiger partial charge in [0.25, 0.3) is 0 Å². The summed E-state index contributed by atoms with van der Waals surface area (Å²) in [5.41, 5.74) is 2.81. The molecule has 0 unspecified atom stereocenters. The van der Waals surface area contributed by atoms with Gasteiger partial charge in [0.05, 0.1) is 18.7 Å². The molecule has 0 aliphatic rings. The van der Waals surface area contributed by atoms with Gasteiger partial charge in [-0.3, -0.25) is 4.79 Å². The van der Waals surface area contributed by atoms with Crippen LogP contribution in [0, 0.1) is 12.8 Å². The Morgan fingerprint density at radius 3 is 2.32 bits per heavy atom. The number of ether oxygens (including phenoxy) is 1. The predicted molar refractivity (Wildman–Crippen MR) is 116 cm³/mol. The number of benzene rings is 2. The van der Waals surface area contributed by atoms with Crippen LogP contribution in [0.1, 0.15) is 30.2 Å². The Kier molecular flexibility index (Phi) is 6.37. The third-order valence-electron chi connectivity index (χ3n) is 4.57. The Morgan fingerprint density at radius 2 is 1.75 bits per heavy atom. The van der Waals surface area contributed by atoms with Crippen LogP contribution in [0.3, 0.4) is 0 Å². The zero-order valence-corrected chi connectivity index (χ0v) is 17.9. The summed E-state index contributed by atoms with van der Waals surface area (Å²) < 4.78 is 5.21. The first-order valence-electron chi connectivity index (χ1n) is 9.07. The van der Waals surface area contributed by atoms with Crippen molar-refractivity contribution >= 4 is 34.0 Å². The molecule has 1 heterocycles. The van der Waals surface area contributed by atoms with Crippen molar-refractivity contribution in [3.63, 3.8) is 0 Å². The van der Waals surface area contributed by atoms with Crippen molar-refractivity contribution in [1.82, 2.24) is 4.98 Å². The number of nitrogens with one attached hydrogen (secondary N) is 1. The predicted octanol–water partition coefficient (Wildman–Crippen LogP) is 6.16. The van der Waals surface area contributed by atoms with Crippen LogP contribution >= 0.6 is 22.9 Å². The number of methoxy groups -OCH3 is 1. The van der Waals surface area contributed by atoms with Crippen molar-refractivity contribution in [2.24, 2.45) is 5.92 Å². The number of hydrogen-bond donors (Lipinski definition) is 1. The minimum Gasteiger partial charge on any atom is -0.497 e. The summed E-state index contributed by atoms with van der Waals surface area (Å²) in [7, 11) is 1.64. The lowest BCUT2D eigenvalue weighted by Crippen LogP contribution is -2.25. The number of aromatic nitrogens is 1. The van der Waals surface area contributed by atoms with Gasteiger partial charge in [0.2, 0.25) is 5.91 Å². The van der Waals surface area contributed by atoms with Crippen LogP contribution in [0.5, 0.6) is 5.75 Å². The summed E-state index contributed by atoms with van der Waals surface area (Å²) in [6.45, 7) is 6.08. The van der Waals surface area contributed by atoms with Gasteiger partial charge in [-0.1, -0.05) is 37.6 Å². The van der Waals surface area contributed by atoms with E-state index in [0.717, 1.165) is 27.4 Å². The van der Waals surface area contributed by atoms with Gasteiger partial charge in [-0.25, -0.2) is 4.98 Å². The lowest BCUT2D eigenvalue weighted by molar-refractivity contribution is -0.118. The topological polar surface area (TPSA) is 51.2 Å². The first-order chi connectivity index (χ1) is 13.4. The molecule has 1 aromatic heterocycles. The van der Waals surface area contributed by atoms with Gasteiger partial charge >= 0.3 is 0 Å². The monoisotopic (exact) mass is 414 g/mol. The van der Waals surface area contributed by atoms with E-state index in [1.165, 1.54) is 11.3 Å². The summed E-state index contributed by atoms with van der Waals surface area (Å²) in [5, 5.41) is 4.26. The van der Waals surface area contributed by atoms with E-state index in [1.807, 2.05) is 69.3 Å². The van der Waals surface area contributed by atoms with Crippen molar-refractivity contribution in [2.45, 2.75) is 26.7 Å². The third-order valence-corrected chi connectivity index (χ3v) is 5.71. The molecule has 0 saturated carbocycles. The number of rotatable bonds is 6. The van der Waals surface area contributed by atoms with Crippen LogP contribution in [0.25, 0.3) is 11.3 Å². The molecular weight excluding hydrogens is 392 g/mol. The second-order valence-electron chi connectivity index (χ2n) is 6.91. The SMILES string of the molecule is COc1ccc(-c2nc(NC(=O)[C@H](c3ccc(Cl)cc3)C(C)C)sc2C)cc1. The summed E-state index contributed by atoms with van der Waals surface area (Å²) in [6, 6.07) is 15.2. The molecule has 0 fully saturated rings. The lowest BCUT2D eigenvalue weighted by atomic mass is 9.88. The highest BCUT2D eigenvalue weighted by Gasteiger charge is 2.25. The molecule has 146 valence electrons. The smallest absolute Gasteiger partial charge is 0.233 e. The molecule has 3 rings (SSSR count). The Labute approximate surface area is 174 Å². The maximum Gasteiger partial charge on any atom is 0.233 e. The fourth-order valence-electron chi connectivity index (χ4n) is 3.16. The number of thiazole rings is 1. The maximum atomic E-state index is 13.0. The summed E-state index contributed by atoms with van der Waals surface area (Å²) in [4.78, 5) is 18.7. The fraction of sp³-hybridized carbons (Fsp3) is 0.273.